The molecule has 1 aliphatic carbocycles. The number of hydrogen-bond donors (Lipinski definition) is 3. The van der Waals surface area contributed by atoms with Gasteiger partial charge >= 0.3 is 5.97 Å². The molecule has 0 amide bonds. The minimum Gasteiger partial charge on any atom is -0.491 e. The van der Waals surface area contributed by atoms with Gasteiger partial charge in [-0.05, 0) is 82.6 Å². The molecule has 0 spiro atoms. The summed E-state index contributed by atoms with van der Waals surface area (Å²) in [4.78, 5) is 26.0. The maximum atomic E-state index is 11.6. The van der Waals surface area contributed by atoms with Crippen molar-refractivity contribution >= 4 is 28.9 Å². The SMILES string of the molecule is CCC(O)(c1ncc(-c2cc(C)cc(Nc3cc(OC(C)C)ccn3)n2)s1)[C@H]1CC[C@H](C(=O)O)CC1. The van der Waals surface area contributed by atoms with Gasteiger partial charge in [-0.25, -0.2) is 15.0 Å². The highest BCUT2D eigenvalue weighted by atomic mass is 32.1. The standard InChI is InChI=1S/C27H34N4O4S/c1-5-27(34,19-8-6-18(7-9-19)25(32)33)26-29-15-22(36-26)21-12-17(4)13-24(30-21)31-23-14-20(10-11-28-23)35-16(2)3/h10-16,18-19,34H,5-9H2,1-4H3,(H,32,33)(H,28,30,31)/t18-,19-,27?. The number of carboxylic acid groups (broad SMARTS) is 1. The van der Waals surface area contributed by atoms with Crippen LogP contribution in [0.3, 0.4) is 0 Å². The minimum atomic E-state index is -1.07. The number of rotatable bonds is 9. The van der Waals surface area contributed by atoms with Crippen molar-refractivity contribution in [3.63, 3.8) is 0 Å². The second kappa shape index (κ2) is 10.9. The third-order valence-corrected chi connectivity index (χ3v) is 7.93. The quantitative estimate of drug-likeness (QED) is 0.324. The fourth-order valence-corrected chi connectivity index (χ4v) is 5.95. The number of anilines is 2. The van der Waals surface area contributed by atoms with Crippen LogP contribution in [-0.4, -0.2) is 37.2 Å². The van der Waals surface area contributed by atoms with Crippen LogP contribution in [-0.2, 0) is 10.4 Å². The number of aryl methyl sites for hydroxylation is 1. The van der Waals surface area contributed by atoms with E-state index < -0.39 is 11.6 Å². The lowest BCUT2D eigenvalue weighted by molar-refractivity contribution is -0.144. The number of aromatic nitrogens is 3. The lowest BCUT2D eigenvalue weighted by Crippen LogP contribution is -2.37. The average molecular weight is 511 g/mol. The molecule has 0 aromatic carbocycles. The Bertz CT molecular complexity index is 1210. The third-order valence-electron chi connectivity index (χ3n) is 6.75. The molecule has 3 aromatic rings. The van der Waals surface area contributed by atoms with Crippen LogP contribution < -0.4 is 10.1 Å². The Morgan fingerprint density at radius 2 is 1.94 bits per heavy atom. The van der Waals surface area contributed by atoms with Gasteiger partial charge in [-0.3, -0.25) is 4.79 Å². The first-order valence-corrected chi connectivity index (χ1v) is 13.3. The zero-order valence-corrected chi connectivity index (χ0v) is 22.0. The molecular weight excluding hydrogens is 476 g/mol. The van der Waals surface area contributed by atoms with Crippen LogP contribution in [0.15, 0.2) is 36.7 Å². The molecule has 0 bridgehead atoms. The van der Waals surface area contributed by atoms with E-state index in [2.05, 4.69) is 15.3 Å². The monoisotopic (exact) mass is 510 g/mol. The number of carboxylic acids is 1. The number of thiazole rings is 1. The van der Waals surface area contributed by atoms with Gasteiger partial charge in [-0.15, -0.1) is 11.3 Å². The molecule has 4 rings (SSSR count). The summed E-state index contributed by atoms with van der Waals surface area (Å²) >= 11 is 1.45. The normalized spacial score (nSPS) is 19.6. The van der Waals surface area contributed by atoms with Gasteiger partial charge in [0.15, 0.2) is 0 Å². The van der Waals surface area contributed by atoms with Gasteiger partial charge < -0.3 is 20.3 Å². The van der Waals surface area contributed by atoms with Crippen LogP contribution in [0.5, 0.6) is 5.75 Å². The third kappa shape index (κ3) is 5.84. The summed E-state index contributed by atoms with van der Waals surface area (Å²) in [5, 5.41) is 24.9. The maximum Gasteiger partial charge on any atom is 0.306 e. The van der Waals surface area contributed by atoms with Gasteiger partial charge in [0.25, 0.3) is 0 Å². The molecule has 3 aromatic heterocycles. The fraction of sp³-hybridized carbons (Fsp3) is 0.481. The van der Waals surface area contributed by atoms with E-state index in [-0.39, 0.29) is 17.9 Å². The summed E-state index contributed by atoms with van der Waals surface area (Å²) < 4.78 is 5.76. The predicted octanol–water partition coefficient (Wildman–Crippen LogP) is 5.93. The van der Waals surface area contributed by atoms with Gasteiger partial charge in [-0.2, -0.15) is 0 Å². The number of aliphatic hydroxyl groups is 1. The molecule has 36 heavy (non-hydrogen) atoms. The van der Waals surface area contributed by atoms with Crippen LogP contribution in [0.1, 0.15) is 63.4 Å². The Hall–Kier alpha value is -3.04. The summed E-state index contributed by atoms with van der Waals surface area (Å²) in [5.41, 5.74) is 0.728. The van der Waals surface area contributed by atoms with Crippen molar-refractivity contribution in [3.8, 4) is 16.3 Å². The van der Waals surface area contributed by atoms with E-state index in [0.29, 0.717) is 48.7 Å². The summed E-state index contributed by atoms with van der Waals surface area (Å²) in [5.74, 6) is 0.967. The molecule has 0 aliphatic heterocycles. The first kappa shape index (κ1) is 26.0. The number of nitrogens with one attached hydrogen (secondary N) is 1. The van der Waals surface area contributed by atoms with Crippen LogP contribution in [0.2, 0.25) is 0 Å². The highest BCUT2D eigenvalue weighted by Gasteiger charge is 2.42. The molecule has 192 valence electrons. The number of pyridine rings is 2. The lowest BCUT2D eigenvalue weighted by atomic mass is 9.72. The Kier molecular flexibility index (Phi) is 7.90. The number of hydrogen-bond acceptors (Lipinski definition) is 8. The van der Waals surface area contributed by atoms with Crippen LogP contribution >= 0.6 is 11.3 Å². The summed E-state index contributed by atoms with van der Waals surface area (Å²) in [7, 11) is 0. The van der Waals surface area contributed by atoms with Crippen LogP contribution in [0.25, 0.3) is 10.6 Å². The van der Waals surface area contributed by atoms with E-state index in [1.54, 1.807) is 12.4 Å². The number of nitrogens with zero attached hydrogens (tertiary/aromatic N) is 3. The van der Waals surface area contributed by atoms with Gasteiger partial charge in [-0.1, -0.05) is 6.92 Å². The van der Waals surface area contributed by atoms with Crippen molar-refractivity contribution in [2.24, 2.45) is 11.8 Å². The molecule has 8 nitrogen and oxygen atoms in total. The molecule has 9 heteroatoms. The Morgan fingerprint density at radius 3 is 2.61 bits per heavy atom. The first-order valence-electron chi connectivity index (χ1n) is 12.5. The smallest absolute Gasteiger partial charge is 0.306 e. The fourth-order valence-electron chi connectivity index (χ4n) is 4.84. The van der Waals surface area contributed by atoms with Gasteiger partial charge in [0.2, 0.25) is 0 Å². The highest BCUT2D eigenvalue weighted by Crippen LogP contribution is 2.45. The summed E-state index contributed by atoms with van der Waals surface area (Å²) in [6, 6.07) is 7.61. The molecule has 1 saturated carbocycles. The lowest BCUT2D eigenvalue weighted by Gasteiger charge is -2.37. The molecule has 1 unspecified atom stereocenters. The van der Waals surface area contributed by atoms with E-state index >= 15 is 0 Å². The molecule has 3 heterocycles. The average Bonchev–Trinajstić information content (AvgIpc) is 3.34. The van der Waals surface area contributed by atoms with E-state index in [9.17, 15) is 15.0 Å². The van der Waals surface area contributed by atoms with Crippen molar-refractivity contribution in [2.45, 2.75) is 71.5 Å². The minimum absolute atomic E-state index is 0.00814. The first-order chi connectivity index (χ1) is 17.2. The summed E-state index contributed by atoms with van der Waals surface area (Å²) in [6.45, 7) is 7.92. The zero-order chi connectivity index (χ0) is 25.9. The van der Waals surface area contributed by atoms with Crippen molar-refractivity contribution < 1.29 is 19.7 Å². The van der Waals surface area contributed by atoms with Gasteiger partial charge in [0, 0.05) is 18.5 Å². The van der Waals surface area contributed by atoms with Crippen molar-refractivity contribution in [1.29, 1.82) is 0 Å². The largest absolute Gasteiger partial charge is 0.491 e. The Labute approximate surface area is 215 Å². The Balaban J connectivity index is 1.55. The molecule has 0 radical (unpaired) electrons. The molecule has 3 N–H and O–H groups in total. The van der Waals surface area contributed by atoms with Crippen molar-refractivity contribution in [3.05, 3.63) is 47.2 Å². The number of aliphatic carboxylic acids is 1. The van der Waals surface area contributed by atoms with E-state index in [4.69, 9.17) is 9.72 Å². The second-order valence-electron chi connectivity index (χ2n) is 9.78. The number of carbonyl (C=O) groups is 1. The molecule has 1 fully saturated rings. The zero-order valence-electron chi connectivity index (χ0n) is 21.2. The number of ether oxygens (including phenoxy) is 1. The van der Waals surface area contributed by atoms with Crippen LogP contribution in [0.4, 0.5) is 11.6 Å². The predicted molar refractivity (Wildman–Crippen MR) is 141 cm³/mol. The van der Waals surface area contributed by atoms with Crippen molar-refractivity contribution in [1.82, 2.24) is 15.0 Å². The van der Waals surface area contributed by atoms with Gasteiger partial charge in [0.05, 0.1) is 22.6 Å². The van der Waals surface area contributed by atoms with E-state index in [1.807, 2.05) is 52.0 Å². The van der Waals surface area contributed by atoms with Crippen LogP contribution in [0, 0.1) is 18.8 Å². The highest BCUT2D eigenvalue weighted by molar-refractivity contribution is 7.15. The van der Waals surface area contributed by atoms with E-state index in [0.717, 1.165) is 21.9 Å². The topological polar surface area (TPSA) is 117 Å². The molecular formula is C27H34N4O4S. The molecule has 1 aliphatic rings. The molecule has 0 saturated heterocycles. The summed E-state index contributed by atoms with van der Waals surface area (Å²) in [6.07, 6.45) is 6.60. The second-order valence-corrected chi connectivity index (χ2v) is 10.8. The van der Waals surface area contributed by atoms with Gasteiger partial charge in [0.1, 0.15) is 28.0 Å². The Morgan fingerprint density at radius 1 is 1.19 bits per heavy atom. The van der Waals surface area contributed by atoms with E-state index in [1.165, 1.54) is 11.3 Å². The maximum absolute atomic E-state index is 11.6. The van der Waals surface area contributed by atoms with Crippen molar-refractivity contribution in [2.75, 3.05) is 5.32 Å². The molecule has 1 atom stereocenters.